The van der Waals surface area contributed by atoms with Crippen LogP contribution in [0.15, 0.2) is 16.6 Å². The molecule has 1 nitrogen and oxygen atoms in total. The molecule has 1 heterocycles. The monoisotopic (exact) mass is 151 g/mol. The van der Waals surface area contributed by atoms with Gasteiger partial charge in [-0.25, -0.2) is 0 Å². The van der Waals surface area contributed by atoms with Crippen LogP contribution < -0.4 is 0 Å². The first-order valence-corrected chi connectivity index (χ1v) is 4.18. The number of allylic oxidation sites excluding steroid dienone is 1. The average Bonchev–Trinajstić information content (AvgIpc) is 2.10. The van der Waals surface area contributed by atoms with E-state index >= 15 is 0 Å². The molecule has 0 saturated carbocycles. The van der Waals surface area contributed by atoms with Gasteiger partial charge in [0.1, 0.15) is 0 Å². The summed E-state index contributed by atoms with van der Waals surface area (Å²) in [5.74, 6) is 0. The molecule has 0 bridgehead atoms. The highest BCUT2D eigenvalue weighted by Gasteiger charge is 2.14. The van der Waals surface area contributed by atoms with Gasteiger partial charge in [0.15, 0.2) is 0 Å². The van der Waals surface area contributed by atoms with Crippen LogP contribution in [0, 0.1) is 5.41 Å². The van der Waals surface area contributed by atoms with Crippen molar-refractivity contribution in [1.82, 2.24) is 0 Å². The van der Waals surface area contributed by atoms with E-state index in [1.165, 1.54) is 11.3 Å². The second-order valence-electron chi connectivity index (χ2n) is 4.54. The van der Waals surface area contributed by atoms with E-state index < -0.39 is 0 Å². The van der Waals surface area contributed by atoms with E-state index in [4.69, 9.17) is 0 Å². The van der Waals surface area contributed by atoms with Crippen LogP contribution in [-0.4, -0.2) is 12.3 Å². The van der Waals surface area contributed by atoms with Crippen molar-refractivity contribution in [2.24, 2.45) is 10.4 Å². The van der Waals surface area contributed by atoms with Crippen molar-refractivity contribution in [2.45, 2.75) is 34.1 Å². The minimum atomic E-state index is 0.375. The summed E-state index contributed by atoms with van der Waals surface area (Å²) < 4.78 is 0. The molecule has 0 saturated heterocycles. The number of hydrogen-bond acceptors (Lipinski definition) is 1. The molecule has 0 aromatic carbocycles. The highest BCUT2D eigenvalue weighted by Crippen LogP contribution is 2.22. The third-order valence-corrected chi connectivity index (χ3v) is 1.66. The molecule has 0 spiro atoms. The molecule has 0 unspecified atom stereocenters. The molecule has 0 atom stereocenters. The highest BCUT2D eigenvalue weighted by atomic mass is 14.8. The van der Waals surface area contributed by atoms with E-state index in [0.29, 0.717) is 5.41 Å². The van der Waals surface area contributed by atoms with Crippen LogP contribution in [-0.2, 0) is 0 Å². The van der Waals surface area contributed by atoms with Crippen LogP contribution in [0.4, 0.5) is 0 Å². The largest absolute Gasteiger partial charge is 0.285 e. The molecule has 0 aromatic heterocycles. The summed E-state index contributed by atoms with van der Waals surface area (Å²) in [7, 11) is 0. The minimum absolute atomic E-state index is 0.375. The van der Waals surface area contributed by atoms with Crippen molar-refractivity contribution < 1.29 is 0 Å². The summed E-state index contributed by atoms with van der Waals surface area (Å²) in [6.45, 7) is 9.80. The average molecular weight is 151 g/mol. The summed E-state index contributed by atoms with van der Waals surface area (Å²) in [5, 5.41) is 0. The predicted molar refractivity (Wildman–Crippen MR) is 50.1 cm³/mol. The van der Waals surface area contributed by atoms with E-state index in [1.807, 2.05) is 0 Å². The van der Waals surface area contributed by atoms with E-state index in [1.54, 1.807) is 0 Å². The van der Waals surface area contributed by atoms with E-state index in [0.717, 1.165) is 13.0 Å². The molecule has 1 aliphatic heterocycles. The molecule has 0 aliphatic carbocycles. The Kier molecular flexibility index (Phi) is 2.17. The van der Waals surface area contributed by atoms with Crippen molar-refractivity contribution >= 4 is 5.71 Å². The fourth-order valence-corrected chi connectivity index (χ4v) is 1.25. The van der Waals surface area contributed by atoms with Crippen LogP contribution in [0.2, 0.25) is 0 Å². The van der Waals surface area contributed by atoms with Crippen molar-refractivity contribution in [3.8, 4) is 0 Å². The van der Waals surface area contributed by atoms with Gasteiger partial charge in [-0.1, -0.05) is 26.3 Å². The fourth-order valence-electron chi connectivity index (χ4n) is 1.25. The fraction of sp³-hybridized carbons (Fsp3) is 0.700. The molecule has 0 radical (unpaired) electrons. The van der Waals surface area contributed by atoms with Crippen molar-refractivity contribution in [1.29, 1.82) is 0 Å². The highest BCUT2D eigenvalue weighted by molar-refractivity contribution is 5.97. The van der Waals surface area contributed by atoms with Gasteiger partial charge in [-0.05, 0) is 24.8 Å². The molecule has 0 N–H and O–H groups in total. The summed E-state index contributed by atoms with van der Waals surface area (Å²) in [5.41, 5.74) is 3.04. The summed E-state index contributed by atoms with van der Waals surface area (Å²) in [6, 6.07) is 0. The summed E-state index contributed by atoms with van der Waals surface area (Å²) in [4.78, 5) is 4.43. The zero-order valence-electron chi connectivity index (χ0n) is 7.94. The Hall–Kier alpha value is -0.590. The van der Waals surface area contributed by atoms with Gasteiger partial charge in [0.2, 0.25) is 0 Å². The van der Waals surface area contributed by atoms with Gasteiger partial charge in [-0.2, -0.15) is 0 Å². The number of aliphatic imine (C=N–C) groups is 1. The lowest BCUT2D eigenvalue weighted by molar-refractivity contribution is 0.434. The molecule has 1 aliphatic rings. The van der Waals surface area contributed by atoms with Crippen LogP contribution in [0.5, 0.6) is 0 Å². The number of hydrogen-bond donors (Lipinski definition) is 0. The molecule has 11 heavy (non-hydrogen) atoms. The second kappa shape index (κ2) is 2.80. The third kappa shape index (κ3) is 2.87. The van der Waals surface area contributed by atoms with Crippen molar-refractivity contribution in [2.75, 3.05) is 6.54 Å². The first-order valence-electron chi connectivity index (χ1n) is 4.18. The standard InChI is InChI=1S/C10H17N/c1-8-5-9(11-7-8)6-10(2,3)4/h5H,6-7H2,1-4H3. The van der Waals surface area contributed by atoms with Gasteiger partial charge in [-0.15, -0.1) is 0 Å². The maximum atomic E-state index is 4.43. The molecule has 0 fully saturated rings. The third-order valence-electron chi connectivity index (χ3n) is 1.66. The normalized spacial score (nSPS) is 18.2. The Balaban J connectivity index is 2.53. The topological polar surface area (TPSA) is 12.4 Å². The minimum Gasteiger partial charge on any atom is -0.285 e. The summed E-state index contributed by atoms with van der Waals surface area (Å²) in [6.07, 6.45) is 3.32. The van der Waals surface area contributed by atoms with Gasteiger partial charge < -0.3 is 0 Å². The first-order chi connectivity index (χ1) is 4.97. The van der Waals surface area contributed by atoms with Gasteiger partial charge in [0.05, 0.1) is 6.54 Å². The maximum absolute atomic E-state index is 4.43. The van der Waals surface area contributed by atoms with Crippen LogP contribution in [0.3, 0.4) is 0 Å². The lowest BCUT2D eigenvalue weighted by atomic mass is 9.89. The van der Waals surface area contributed by atoms with Crippen LogP contribution >= 0.6 is 0 Å². The Morgan fingerprint density at radius 2 is 2.09 bits per heavy atom. The second-order valence-corrected chi connectivity index (χ2v) is 4.54. The van der Waals surface area contributed by atoms with Gasteiger partial charge in [-0.3, -0.25) is 4.99 Å². The predicted octanol–water partition coefficient (Wildman–Crippen LogP) is 2.82. The molecular weight excluding hydrogens is 134 g/mol. The Bertz CT molecular complexity index is 203. The molecular formula is C10H17N. The maximum Gasteiger partial charge on any atom is 0.0603 e. The SMILES string of the molecule is CC1=CC(CC(C)(C)C)=NC1. The van der Waals surface area contributed by atoms with Gasteiger partial charge >= 0.3 is 0 Å². The van der Waals surface area contributed by atoms with Gasteiger partial charge in [0.25, 0.3) is 0 Å². The van der Waals surface area contributed by atoms with Crippen molar-refractivity contribution in [3.63, 3.8) is 0 Å². The lowest BCUT2D eigenvalue weighted by Crippen LogP contribution is -2.10. The van der Waals surface area contributed by atoms with Crippen LogP contribution in [0.25, 0.3) is 0 Å². The zero-order valence-corrected chi connectivity index (χ0v) is 7.94. The Morgan fingerprint density at radius 3 is 2.45 bits per heavy atom. The lowest BCUT2D eigenvalue weighted by Gasteiger charge is -2.16. The molecule has 1 heteroatoms. The smallest absolute Gasteiger partial charge is 0.0603 e. The van der Waals surface area contributed by atoms with Gasteiger partial charge in [0, 0.05) is 5.71 Å². The molecule has 0 amide bonds. The van der Waals surface area contributed by atoms with E-state index in [2.05, 4.69) is 38.8 Å². The number of rotatable bonds is 1. The van der Waals surface area contributed by atoms with Crippen molar-refractivity contribution in [3.05, 3.63) is 11.6 Å². The Labute approximate surface area is 69.2 Å². The first kappa shape index (κ1) is 8.51. The Morgan fingerprint density at radius 1 is 1.45 bits per heavy atom. The van der Waals surface area contributed by atoms with E-state index in [9.17, 15) is 0 Å². The zero-order chi connectivity index (χ0) is 8.48. The van der Waals surface area contributed by atoms with E-state index in [-0.39, 0.29) is 0 Å². The molecule has 62 valence electrons. The van der Waals surface area contributed by atoms with Crippen LogP contribution in [0.1, 0.15) is 34.1 Å². The number of nitrogens with zero attached hydrogens (tertiary/aromatic N) is 1. The molecule has 0 aromatic rings. The summed E-state index contributed by atoms with van der Waals surface area (Å²) >= 11 is 0. The molecule has 1 rings (SSSR count). The quantitative estimate of drug-likeness (QED) is 0.546.